The lowest BCUT2D eigenvalue weighted by molar-refractivity contribution is -0.244. The number of phosphoric acid groups is 1. The molecule has 5 rings (SSSR count). The zero-order valence-corrected chi connectivity index (χ0v) is 28.1. The van der Waals surface area contributed by atoms with Crippen molar-refractivity contribution in [3.05, 3.63) is 0 Å². The van der Waals surface area contributed by atoms with E-state index < -0.39 is 130 Å². The van der Waals surface area contributed by atoms with Crippen LogP contribution in [0.3, 0.4) is 0 Å². The summed E-state index contributed by atoms with van der Waals surface area (Å²) in [7, 11) is -4.62. The van der Waals surface area contributed by atoms with Crippen molar-refractivity contribution >= 4 is 25.5 Å². The van der Waals surface area contributed by atoms with Gasteiger partial charge in [-0.2, -0.15) is 0 Å². The van der Waals surface area contributed by atoms with Gasteiger partial charge in [-0.1, -0.05) is 0 Å². The van der Waals surface area contributed by atoms with E-state index in [1.165, 1.54) is 20.8 Å². The van der Waals surface area contributed by atoms with Crippen LogP contribution >= 0.6 is 7.82 Å². The van der Waals surface area contributed by atoms with Crippen molar-refractivity contribution in [2.45, 2.75) is 100 Å². The number of ether oxygens (including phenoxy) is 5. The van der Waals surface area contributed by atoms with Crippen LogP contribution in [0, 0.1) is 11.8 Å². The Morgan fingerprint density at radius 2 is 1.35 bits per heavy atom. The van der Waals surface area contributed by atoms with Crippen molar-refractivity contribution in [3.8, 4) is 0 Å². The smallest absolute Gasteiger partial charge is 0.394 e. The van der Waals surface area contributed by atoms with Gasteiger partial charge in [0.2, 0.25) is 17.7 Å². The van der Waals surface area contributed by atoms with E-state index in [1.54, 1.807) is 0 Å². The molecule has 20 nitrogen and oxygen atoms in total. The first kappa shape index (κ1) is 38.4. The number of carbonyl (C=O) groups is 3. The van der Waals surface area contributed by atoms with Gasteiger partial charge in [-0.15, -0.1) is 0 Å². The second-order valence-electron chi connectivity index (χ2n) is 12.8. The lowest BCUT2D eigenvalue weighted by atomic mass is 9.85. The number of rotatable bonds is 9. The molecule has 3 amide bonds. The Kier molecular flexibility index (Phi) is 12.7. The number of aliphatic hydroxyl groups excluding tert-OH is 5. The van der Waals surface area contributed by atoms with Gasteiger partial charge in [-0.3, -0.25) is 28.0 Å². The van der Waals surface area contributed by atoms with Crippen LogP contribution in [0.2, 0.25) is 0 Å². The lowest BCUT2D eigenvalue weighted by Gasteiger charge is -2.45. The zero-order valence-electron chi connectivity index (χ0n) is 27.2. The van der Waals surface area contributed by atoms with Crippen LogP contribution in [0.4, 0.5) is 0 Å². The van der Waals surface area contributed by atoms with Gasteiger partial charge in [0, 0.05) is 32.6 Å². The number of carbonyl (C=O) groups excluding carboxylic acids is 3. The van der Waals surface area contributed by atoms with Gasteiger partial charge in [-0.05, 0) is 0 Å². The zero-order chi connectivity index (χ0) is 35.6. The highest BCUT2D eigenvalue weighted by Gasteiger charge is 2.57. The standard InChI is InChI=1S/C28H46N3O17P/c1-11(34)29-21-19(44-17(5-33)24(37)25(21)38)8-42-7-15-18-10-43-49(40)47-26(15)22(30-12(2)35)20(45-18)9-41-6-14-16(4-32)46-28(39)23(27(14)48-49)31-13(3)36/h14-28,32-33,37-39H,4-10H2,1-3H3,(H,29,34)(H,30,35)(H,31,36)/t14-,15-,16?,17?,18?,19-,20-,21?,22?,23?,24+,25+,26-,27-,28+,49?/m0/s1. The average Bonchev–Trinajstić information content (AvgIpc) is 3.13. The Bertz CT molecular complexity index is 1230. The summed E-state index contributed by atoms with van der Waals surface area (Å²) in [4.78, 5) is 36.3. The molecule has 5 aliphatic heterocycles. The summed E-state index contributed by atoms with van der Waals surface area (Å²) in [5.74, 6) is -3.20. The monoisotopic (exact) mass is 727 g/mol. The molecule has 21 heteroatoms. The SMILES string of the molecule is CC(=O)NC1[C@H](COC[C@H]2C3COP4(=O)O[C@@H]5C(NC(C)=O)[C@H](O)OC(CO)[C@@H]5COC[C@H](O3)C(NC(C)=O)[C@H]2O4)OC(CO)[C@@H](O)[C@@H]1O. The van der Waals surface area contributed by atoms with Crippen molar-refractivity contribution in [3.63, 3.8) is 0 Å². The Hall–Kier alpha value is -1.88. The van der Waals surface area contributed by atoms with Gasteiger partial charge in [0.1, 0.15) is 42.7 Å². The molecular formula is C28H46N3O17P. The molecule has 5 heterocycles. The minimum atomic E-state index is -4.62. The molecule has 8 N–H and O–H groups in total. The topological polar surface area (TPSA) is 279 Å². The average molecular weight is 728 g/mol. The highest BCUT2D eigenvalue weighted by atomic mass is 31.2. The minimum absolute atomic E-state index is 0.120. The normalized spacial score (nSPS) is 45.3. The fourth-order valence-electron chi connectivity index (χ4n) is 7.02. The molecule has 0 aromatic heterocycles. The van der Waals surface area contributed by atoms with Gasteiger partial charge in [0.25, 0.3) is 0 Å². The van der Waals surface area contributed by atoms with Crippen LogP contribution in [-0.2, 0) is 56.2 Å². The minimum Gasteiger partial charge on any atom is -0.394 e. The van der Waals surface area contributed by atoms with Crippen LogP contribution in [0.25, 0.3) is 0 Å². The number of nitrogens with one attached hydrogen (secondary N) is 3. The summed E-state index contributed by atoms with van der Waals surface area (Å²) in [5.41, 5.74) is 0. The summed E-state index contributed by atoms with van der Waals surface area (Å²) < 4.78 is 61.9. The van der Waals surface area contributed by atoms with Crippen LogP contribution < -0.4 is 16.0 Å². The number of hydrogen-bond acceptors (Lipinski definition) is 17. The van der Waals surface area contributed by atoms with E-state index in [1.807, 2.05) is 0 Å². The third kappa shape index (κ3) is 8.61. The highest BCUT2D eigenvalue weighted by molar-refractivity contribution is 7.48. The van der Waals surface area contributed by atoms with Gasteiger partial charge in [-0.25, -0.2) is 4.57 Å². The Labute approximate surface area is 281 Å². The molecular weight excluding hydrogens is 681 g/mol. The summed E-state index contributed by atoms with van der Waals surface area (Å²) in [6.07, 6.45) is -12.0. The summed E-state index contributed by atoms with van der Waals surface area (Å²) in [5, 5.41) is 59.3. The second kappa shape index (κ2) is 16.2. The lowest BCUT2D eigenvalue weighted by Crippen LogP contribution is -2.65. The van der Waals surface area contributed by atoms with Crippen LogP contribution in [0.5, 0.6) is 0 Å². The van der Waals surface area contributed by atoms with E-state index in [4.69, 9.17) is 37.3 Å². The molecule has 5 fully saturated rings. The van der Waals surface area contributed by atoms with Gasteiger partial charge in [0.15, 0.2) is 6.29 Å². The van der Waals surface area contributed by atoms with Crippen molar-refractivity contribution in [1.29, 1.82) is 0 Å². The van der Waals surface area contributed by atoms with Crippen LogP contribution in [-0.4, -0.2) is 169 Å². The summed E-state index contributed by atoms with van der Waals surface area (Å²) in [6, 6.07) is -3.34. The maximum absolute atomic E-state index is 14.4. The molecule has 0 radical (unpaired) electrons. The van der Waals surface area contributed by atoms with E-state index in [0.717, 1.165) is 0 Å². The number of fused-ring (bicyclic) bond motifs is 4. The number of amides is 3. The molecule has 5 aliphatic rings. The Balaban J connectivity index is 1.42. The van der Waals surface area contributed by atoms with Crippen molar-refractivity contribution in [2.75, 3.05) is 46.2 Å². The maximum Gasteiger partial charge on any atom is 0.475 e. The molecule has 7 unspecified atom stereocenters. The van der Waals surface area contributed by atoms with E-state index in [2.05, 4.69) is 16.0 Å². The van der Waals surface area contributed by atoms with E-state index >= 15 is 0 Å². The maximum atomic E-state index is 14.4. The van der Waals surface area contributed by atoms with Crippen LogP contribution in [0.15, 0.2) is 0 Å². The largest absolute Gasteiger partial charge is 0.475 e. The number of aliphatic hydroxyl groups is 5. The third-order valence-corrected chi connectivity index (χ3v) is 10.7. The number of hydrogen-bond donors (Lipinski definition) is 8. The van der Waals surface area contributed by atoms with E-state index in [0.29, 0.717) is 0 Å². The molecule has 49 heavy (non-hydrogen) atoms. The number of phosphoric ester groups is 1. The summed E-state index contributed by atoms with van der Waals surface area (Å²) in [6.45, 7) is 1.44. The molecule has 0 aromatic carbocycles. The predicted octanol–water partition coefficient (Wildman–Crippen LogP) is -4.35. The predicted molar refractivity (Wildman–Crippen MR) is 159 cm³/mol. The van der Waals surface area contributed by atoms with E-state index in [-0.39, 0.29) is 33.0 Å². The molecule has 4 bridgehead atoms. The molecule has 0 saturated carbocycles. The molecule has 280 valence electrons. The first-order chi connectivity index (χ1) is 23.2. The molecule has 0 aliphatic carbocycles. The van der Waals surface area contributed by atoms with Gasteiger partial charge < -0.3 is 65.2 Å². The molecule has 0 spiro atoms. The quantitative estimate of drug-likeness (QED) is 0.104. The Morgan fingerprint density at radius 1 is 0.714 bits per heavy atom. The molecule has 5 saturated heterocycles. The third-order valence-electron chi connectivity index (χ3n) is 9.28. The fourth-order valence-corrected chi connectivity index (χ4v) is 8.69. The molecule has 16 atom stereocenters. The van der Waals surface area contributed by atoms with Crippen LogP contribution in [0.1, 0.15) is 20.8 Å². The molecule has 0 aromatic rings. The fraction of sp³-hybridized carbons (Fsp3) is 0.893. The van der Waals surface area contributed by atoms with Crippen molar-refractivity contribution in [1.82, 2.24) is 16.0 Å². The van der Waals surface area contributed by atoms with Gasteiger partial charge >= 0.3 is 7.82 Å². The van der Waals surface area contributed by atoms with E-state index in [9.17, 15) is 44.5 Å². The van der Waals surface area contributed by atoms with Crippen molar-refractivity contribution in [2.24, 2.45) is 11.8 Å². The van der Waals surface area contributed by atoms with Crippen molar-refractivity contribution < 1.29 is 81.7 Å². The Morgan fingerprint density at radius 3 is 2.00 bits per heavy atom. The first-order valence-electron chi connectivity index (χ1n) is 16.1. The highest BCUT2D eigenvalue weighted by Crippen LogP contribution is 2.58. The first-order valence-corrected chi connectivity index (χ1v) is 17.5. The second-order valence-corrected chi connectivity index (χ2v) is 14.4. The summed E-state index contributed by atoms with van der Waals surface area (Å²) >= 11 is 0. The van der Waals surface area contributed by atoms with Gasteiger partial charge in [0.05, 0.1) is 76.6 Å².